The van der Waals surface area contributed by atoms with Crippen LogP contribution in [0.5, 0.6) is 0 Å². The zero-order chi connectivity index (χ0) is 18.4. The van der Waals surface area contributed by atoms with Crippen molar-refractivity contribution in [2.24, 2.45) is 0 Å². The van der Waals surface area contributed by atoms with Crippen molar-refractivity contribution in [1.82, 2.24) is 29.3 Å². The minimum absolute atomic E-state index is 0.234. The van der Waals surface area contributed by atoms with E-state index >= 15 is 0 Å². The number of nitrogens with zero attached hydrogens (tertiary/aromatic N) is 5. The van der Waals surface area contributed by atoms with Crippen LogP contribution in [-0.4, -0.2) is 29.3 Å². The monoisotopic (exact) mass is 356 g/mol. The molecule has 0 amide bonds. The fourth-order valence-electron chi connectivity index (χ4n) is 3.10. The van der Waals surface area contributed by atoms with Gasteiger partial charge in [-0.05, 0) is 30.3 Å². The first-order chi connectivity index (χ1) is 13.2. The summed E-state index contributed by atoms with van der Waals surface area (Å²) in [6, 6.07) is 14.4. The van der Waals surface area contributed by atoms with Gasteiger partial charge < -0.3 is 0 Å². The molecule has 0 saturated heterocycles. The molecule has 0 saturated carbocycles. The maximum atomic E-state index is 13.0. The molecule has 4 heterocycles. The van der Waals surface area contributed by atoms with Crippen molar-refractivity contribution in [2.45, 2.75) is 0 Å². The number of fused-ring (bicyclic) bond motifs is 2. The Morgan fingerprint density at radius 3 is 2.15 bits per heavy atom. The number of aromatic amines is 1. The second-order valence-corrected chi connectivity index (χ2v) is 5.98. The third kappa shape index (κ3) is 2.35. The molecule has 4 aromatic heterocycles. The van der Waals surface area contributed by atoms with Gasteiger partial charge in [-0.3, -0.25) is 18.7 Å². The second-order valence-electron chi connectivity index (χ2n) is 5.98. The average Bonchev–Trinajstić information content (AvgIpc) is 3.23. The quantitative estimate of drug-likeness (QED) is 0.486. The number of para-hydroxylation sites is 1. The minimum Gasteiger partial charge on any atom is -0.284 e. The molecule has 1 aromatic carbocycles. The number of aromatic nitrogens is 6. The Labute approximate surface area is 151 Å². The summed E-state index contributed by atoms with van der Waals surface area (Å²) >= 11 is 0. The van der Waals surface area contributed by atoms with Gasteiger partial charge in [0.2, 0.25) is 5.95 Å². The molecule has 0 bridgehead atoms. The largest absolute Gasteiger partial charge is 0.284 e. The van der Waals surface area contributed by atoms with Crippen molar-refractivity contribution in [2.75, 3.05) is 0 Å². The number of rotatable bonds is 2. The molecule has 8 nitrogen and oxygen atoms in total. The van der Waals surface area contributed by atoms with Crippen LogP contribution in [0.25, 0.3) is 33.4 Å². The van der Waals surface area contributed by atoms with E-state index < -0.39 is 0 Å². The summed E-state index contributed by atoms with van der Waals surface area (Å²) in [5, 5.41) is 7.13. The lowest BCUT2D eigenvalue weighted by Gasteiger charge is -2.08. The molecule has 27 heavy (non-hydrogen) atoms. The van der Waals surface area contributed by atoms with Crippen LogP contribution in [0.3, 0.4) is 0 Å². The lowest BCUT2D eigenvalue weighted by Crippen LogP contribution is -2.21. The zero-order valence-corrected chi connectivity index (χ0v) is 13.9. The summed E-state index contributed by atoms with van der Waals surface area (Å²) in [6.07, 6.45) is 4.59. The molecule has 0 radical (unpaired) electrons. The Hall–Kier alpha value is -4.07. The van der Waals surface area contributed by atoms with Crippen LogP contribution in [0.2, 0.25) is 0 Å². The molecule has 0 aliphatic rings. The molecular formula is C19H12N6O2. The van der Waals surface area contributed by atoms with Crippen LogP contribution < -0.4 is 11.1 Å². The van der Waals surface area contributed by atoms with E-state index in [-0.39, 0.29) is 11.1 Å². The van der Waals surface area contributed by atoms with Crippen LogP contribution in [-0.2, 0) is 0 Å². The van der Waals surface area contributed by atoms with Crippen LogP contribution in [0, 0.1) is 0 Å². The van der Waals surface area contributed by atoms with Gasteiger partial charge in [-0.15, -0.1) is 0 Å². The molecule has 5 rings (SSSR count). The maximum absolute atomic E-state index is 13.0. The maximum Gasteiger partial charge on any atom is 0.266 e. The van der Waals surface area contributed by atoms with E-state index in [0.29, 0.717) is 27.8 Å². The molecule has 0 atom stereocenters. The summed E-state index contributed by atoms with van der Waals surface area (Å²) in [4.78, 5) is 34.3. The standard InChI is InChI=1S/C19H12N6O2/c26-17-13-10-14-16(7-9-25(18(14)27)19-20-11-21-23-19)22-15(13)6-8-24(17)12-4-2-1-3-5-12/h1-11H,(H,20,21,23). The average molecular weight is 356 g/mol. The fraction of sp³-hybridized carbons (Fsp3) is 0. The summed E-state index contributed by atoms with van der Waals surface area (Å²) in [5.41, 5.74) is 1.24. The van der Waals surface area contributed by atoms with E-state index in [2.05, 4.69) is 20.2 Å². The highest BCUT2D eigenvalue weighted by atomic mass is 16.1. The lowest BCUT2D eigenvalue weighted by molar-refractivity contribution is 0.901. The first kappa shape index (κ1) is 15.2. The van der Waals surface area contributed by atoms with Crippen LogP contribution in [0.1, 0.15) is 0 Å². The molecule has 1 N–H and O–H groups in total. The van der Waals surface area contributed by atoms with Gasteiger partial charge in [0.1, 0.15) is 6.33 Å². The normalized spacial score (nSPS) is 11.3. The Balaban J connectivity index is 1.82. The number of pyridine rings is 3. The minimum atomic E-state index is -0.326. The Morgan fingerprint density at radius 2 is 1.48 bits per heavy atom. The van der Waals surface area contributed by atoms with Gasteiger partial charge >= 0.3 is 0 Å². The molecule has 0 aliphatic heterocycles. The first-order valence-electron chi connectivity index (χ1n) is 8.21. The zero-order valence-electron chi connectivity index (χ0n) is 13.9. The fourth-order valence-corrected chi connectivity index (χ4v) is 3.10. The molecule has 5 aromatic rings. The van der Waals surface area contributed by atoms with E-state index in [4.69, 9.17) is 0 Å². The third-order valence-electron chi connectivity index (χ3n) is 4.41. The third-order valence-corrected chi connectivity index (χ3v) is 4.41. The van der Waals surface area contributed by atoms with Gasteiger partial charge in [0.05, 0.1) is 21.8 Å². The van der Waals surface area contributed by atoms with E-state index in [9.17, 15) is 9.59 Å². The van der Waals surface area contributed by atoms with Crippen molar-refractivity contribution in [3.05, 3.63) is 88.0 Å². The number of hydrogen-bond acceptors (Lipinski definition) is 5. The van der Waals surface area contributed by atoms with E-state index in [1.54, 1.807) is 30.6 Å². The van der Waals surface area contributed by atoms with E-state index in [1.165, 1.54) is 15.5 Å². The molecule has 130 valence electrons. The number of hydrogen-bond donors (Lipinski definition) is 1. The van der Waals surface area contributed by atoms with Crippen LogP contribution in [0.4, 0.5) is 0 Å². The summed E-state index contributed by atoms with van der Waals surface area (Å²) in [6.45, 7) is 0. The smallest absolute Gasteiger partial charge is 0.266 e. The summed E-state index contributed by atoms with van der Waals surface area (Å²) < 4.78 is 2.87. The highest BCUT2D eigenvalue weighted by molar-refractivity contribution is 5.91. The SMILES string of the molecule is O=c1c2cc3c(=O)n(-c4ncn[nH]4)ccc3nc2ccn1-c1ccccc1. The first-order valence-corrected chi connectivity index (χ1v) is 8.21. The lowest BCUT2D eigenvalue weighted by atomic mass is 10.2. The van der Waals surface area contributed by atoms with E-state index in [0.717, 1.165) is 5.69 Å². The van der Waals surface area contributed by atoms with Crippen molar-refractivity contribution in [3.8, 4) is 11.6 Å². The van der Waals surface area contributed by atoms with Crippen molar-refractivity contribution in [3.63, 3.8) is 0 Å². The predicted octanol–water partition coefficient (Wildman–Crippen LogP) is 1.81. The molecule has 0 aliphatic carbocycles. The van der Waals surface area contributed by atoms with Gasteiger partial charge in [-0.1, -0.05) is 18.2 Å². The highest BCUT2D eigenvalue weighted by Crippen LogP contribution is 2.16. The van der Waals surface area contributed by atoms with Gasteiger partial charge in [-0.2, -0.15) is 10.1 Å². The van der Waals surface area contributed by atoms with E-state index in [1.807, 2.05) is 30.3 Å². The van der Waals surface area contributed by atoms with Gasteiger partial charge in [-0.25, -0.2) is 10.1 Å². The van der Waals surface area contributed by atoms with Gasteiger partial charge in [0, 0.05) is 18.1 Å². The van der Waals surface area contributed by atoms with Crippen LogP contribution in [0.15, 0.2) is 76.8 Å². The number of nitrogens with one attached hydrogen (secondary N) is 1. The second kappa shape index (κ2) is 5.73. The Bertz CT molecular complexity index is 1400. The van der Waals surface area contributed by atoms with Crippen LogP contribution >= 0.6 is 0 Å². The van der Waals surface area contributed by atoms with Crippen molar-refractivity contribution in [1.29, 1.82) is 0 Å². The number of benzene rings is 1. The van der Waals surface area contributed by atoms with Gasteiger partial charge in [0.25, 0.3) is 11.1 Å². The Kier molecular flexibility index (Phi) is 3.23. The Morgan fingerprint density at radius 1 is 0.815 bits per heavy atom. The molecule has 0 fully saturated rings. The predicted molar refractivity (Wildman–Crippen MR) is 100 cm³/mol. The highest BCUT2D eigenvalue weighted by Gasteiger charge is 2.12. The summed E-state index contributed by atoms with van der Waals surface area (Å²) in [7, 11) is 0. The van der Waals surface area contributed by atoms with Crippen molar-refractivity contribution >= 4 is 21.8 Å². The topological polar surface area (TPSA) is 98.5 Å². The van der Waals surface area contributed by atoms with Crippen molar-refractivity contribution < 1.29 is 0 Å². The molecule has 0 spiro atoms. The number of H-pyrrole nitrogens is 1. The summed E-state index contributed by atoms with van der Waals surface area (Å²) in [5.74, 6) is 0.303. The molecule has 0 unspecified atom stereocenters. The molecule has 8 heteroatoms. The molecular weight excluding hydrogens is 344 g/mol. The van der Waals surface area contributed by atoms with Gasteiger partial charge in [0.15, 0.2) is 0 Å².